The summed E-state index contributed by atoms with van der Waals surface area (Å²) in [5.41, 5.74) is 2.56. The van der Waals surface area contributed by atoms with Crippen LogP contribution >= 0.6 is 0 Å². The first kappa shape index (κ1) is 11.3. The fraction of sp³-hybridized carbons (Fsp3) is 0.667. The van der Waals surface area contributed by atoms with Crippen LogP contribution in [0, 0.1) is 19.8 Å². The molecule has 2 rings (SSSR count). The van der Waals surface area contributed by atoms with Crippen LogP contribution in [0.4, 0.5) is 0 Å². The van der Waals surface area contributed by atoms with E-state index in [-0.39, 0.29) is 0 Å². The first-order chi connectivity index (χ1) is 7.72. The lowest BCUT2D eigenvalue weighted by molar-refractivity contribution is 0.0599. The van der Waals surface area contributed by atoms with Gasteiger partial charge in [0.25, 0.3) is 0 Å². The summed E-state index contributed by atoms with van der Waals surface area (Å²) in [6.07, 6.45) is 3.09. The van der Waals surface area contributed by atoms with Crippen LogP contribution in [-0.4, -0.2) is 29.3 Å². The van der Waals surface area contributed by atoms with Gasteiger partial charge in [-0.05, 0) is 32.6 Å². The zero-order chi connectivity index (χ0) is 11.5. The van der Waals surface area contributed by atoms with Crippen molar-refractivity contribution in [1.82, 2.24) is 9.78 Å². The third-order valence-corrected chi connectivity index (χ3v) is 3.33. The van der Waals surface area contributed by atoms with Crippen LogP contribution in [0.3, 0.4) is 0 Å². The van der Waals surface area contributed by atoms with E-state index in [1.807, 2.05) is 18.5 Å². The van der Waals surface area contributed by atoms with Gasteiger partial charge in [-0.1, -0.05) is 0 Å². The van der Waals surface area contributed by atoms with Crippen molar-refractivity contribution in [2.24, 2.45) is 5.92 Å². The van der Waals surface area contributed by atoms with E-state index in [2.05, 4.69) is 5.10 Å². The number of rotatable bonds is 3. The molecule has 1 aromatic heterocycles. The van der Waals surface area contributed by atoms with Crippen molar-refractivity contribution in [3.63, 3.8) is 0 Å². The predicted molar refractivity (Wildman–Crippen MR) is 60.6 cm³/mol. The Hall–Kier alpha value is -1.16. The van der Waals surface area contributed by atoms with E-state index < -0.39 is 0 Å². The Labute approximate surface area is 95.6 Å². The predicted octanol–water partition coefficient (Wildman–Crippen LogP) is 1.74. The molecule has 2 heterocycles. The molecule has 4 heteroatoms. The standard InChI is InChI=1S/C12H18N2O2/c1-9-12(8-15)10(2)14(13-9)7-11-3-5-16-6-4-11/h8,11H,3-7H2,1-2H3. The molecule has 0 unspecified atom stereocenters. The SMILES string of the molecule is Cc1nn(CC2CCOCC2)c(C)c1C=O. The molecular formula is C12H18N2O2. The van der Waals surface area contributed by atoms with Crippen molar-refractivity contribution in [3.05, 3.63) is 17.0 Å². The summed E-state index contributed by atoms with van der Waals surface area (Å²) in [6.45, 7) is 6.46. The molecule has 0 aromatic carbocycles. The Balaban J connectivity index is 2.11. The van der Waals surface area contributed by atoms with E-state index in [9.17, 15) is 4.79 Å². The van der Waals surface area contributed by atoms with Crippen LogP contribution in [-0.2, 0) is 11.3 Å². The maximum absolute atomic E-state index is 10.9. The lowest BCUT2D eigenvalue weighted by Gasteiger charge is -2.22. The van der Waals surface area contributed by atoms with Gasteiger partial charge < -0.3 is 4.74 Å². The summed E-state index contributed by atoms with van der Waals surface area (Å²) in [5, 5.41) is 4.42. The summed E-state index contributed by atoms with van der Waals surface area (Å²) < 4.78 is 7.30. The molecule has 0 atom stereocenters. The highest BCUT2D eigenvalue weighted by Gasteiger charge is 2.17. The largest absolute Gasteiger partial charge is 0.381 e. The van der Waals surface area contributed by atoms with Crippen molar-refractivity contribution in [1.29, 1.82) is 0 Å². The Kier molecular flexibility index (Phi) is 3.39. The van der Waals surface area contributed by atoms with Gasteiger partial charge in [-0.25, -0.2) is 0 Å². The second kappa shape index (κ2) is 4.78. The number of aromatic nitrogens is 2. The molecule has 0 aliphatic carbocycles. The summed E-state index contributed by atoms with van der Waals surface area (Å²) in [6, 6.07) is 0. The number of ether oxygens (including phenoxy) is 1. The molecule has 4 nitrogen and oxygen atoms in total. The molecule has 0 saturated carbocycles. The molecule has 0 bridgehead atoms. The van der Waals surface area contributed by atoms with Crippen LogP contribution in [0.1, 0.15) is 34.6 Å². The van der Waals surface area contributed by atoms with Gasteiger partial charge in [-0.3, -0.25) is 9.48 Å². The molecule has 0 N–H and O–H groups in total. The minimum Gasteiger partial charge on any atom is -0.381 e. The second-order valence-corrected chi connectivity index (χ2v) is 4.44. The van der Waals surface area contributed by atoms with Crippen molar-refractivity contribution >= 4 is 6.29 Å². The highest BCUT2D eigenvalue weighted by Crippen LogP contribution is 2.19. The van der Waals surface area contributed by atoms with Crippen LogP contribution in [0.25, 0.3) is 0 Å². The van der Waals surface area contributed by atoms with E-state index >= 15 is 0 Å². The number of carbonyl (C=O) groups is 1. The lowest BCUT2D eigenvalue weighted by Crippen LogP contribution is -2.21. The average Bonchev–Trinajstić information content (AvgIpc) is 2.55. The van der Waals surface area contributed by atoms with E-state index in [0.717, 1.165) is 55.8 Å². The van der Waals surface area contributed by atoms with Crippen LogP contribution in [0.5, 0.6) is 0 Å². The summed E-state index contributed by atoms with van der Waals surface area (Å²) in [5.74, 6) is 0.631. The van der Waals surface area contributed by atoms with Crippen LogP contribution in [0.15, 0.2) is 0 Å². The maximum atomic E-state index is 10.9. The zero-order valence-electron chi connectivity index (χ0n) is 9.90. The Morgan fingerprint density at radius 3 is 2.69 bits per heavy atom. The number of aldehydes is 1. The average molecular weight is 222 g/mol. The van der Waals surface area contributed by atoms with E-state index in [1.165, 1.54) is 0 Å². The smallest absolute Gasteiger partial charge is 0.153 e. The van der Waals surface area contributed by atoms with E-state index in [4.69, 9.17) is 4.74 Å². The topological polar surface area (TPSA) is 44.1 Å². The zero-order valence-corrected chi connectivity index (χ0v) is 9.90. The van der Waals surface area contributed by atoms with Gasteiger partial charge in [0.15, 0.2) is 6.29 Å². The molecule has 0 amide bonds. The van der Waals surface area contributed by atoms with Gasteiger partial charge in [0.05, 0.1) is 11.3 Å². The number of hydrogen-bond acceptors (Lipinski definition) is 3. The fourth-order valence-electron chi connectivity index (χ4n) is 2.23. The van der Waals surface area contributed by atoms with E-state index in [0.29, 0.717) is 5.92 Å². The molecule has 1 aliphatic rings. The molecule has 1 aromatic rings. The van der Waals surface area contributed by atoms with Crippen molar-refractivity contribution in [2.75, 3.05) is 13.2 Å². The molecular weight excluding hydrogens is 204 g/mol. The van der Waals surface area contributed by atoms with Crippen LogP contribution in [0.2, 0.25) is 0 Å². The quantitative estimate of drug-likeness (QED) is 0.732. The third-order valence-electron chi connectivity index (χ3n) is 3.33. The Morgan fingerprint density at radius 2 is 2.12 bits per heavy atom. The molecule has 16 heavy (non-hydrogen) atoms. The second-order valence-electron chi connectivity index (χ2n) is 4.44. The first-order valence-corrected chi connectivity index (χ1v) is 5.79. The van der Waals surface area contributed by atoms with E-state index in [1.54, 1.807) is 0 Å². The van der Waals surface area contributed by atoms with Gasteiger partial charge in [-0.15, -0.1) is 0 Å². The van der Waals surface area contributed by atoms with Gasteiger partial charge in [-0.2, -0.15) is 5.10 Å². The summed E-state index contributed by atoms with van der Waals surface area (Å²) in [7, 11) is 0. The summed E-state index contributed by atoms with van der Waals surface area (Å²) in [4.78, 5) is 10.9. The monoisotopic (exact) mass is 222 g/mol. The first-order valence-electron chi connectivity index (χ1n) is 5.79. The summed E-state index contributed by atoms with van der Waals surface area (Å²) >= 11 is 0. The number of carbonyl (C=O) groups excluding carboxylic acids is 1. The highest BCUT2D eigenvalue weighted by atomic mass is 16.5. The van der Waals surface area contributed by atoms with Crippen molar-refractivity contribution in [2.45, 2.75) is 33.2 Å². The molecule has 88 valence electrons. The maximum Gasteiger partial charge on any atom is 0.153 e. The molecule has 1 fully saturated rings. The van der Waals surface area contributed by atoms with Crippen LogP contribution < -0.4 is 0 Å². The Bertz CT molecular complexity index is 379. The normalized spacial score (nSPS) is 17.6. The van der Waals surface area contributed by atoms with Gasteiger partial charge in [0.1, 0.15) is 0 Å². The molecule has 0 radical (unpaired) electrons. The third kappa shape index (κ3) is 2.16. The van der Waals surface area contributed by atoms with Gasteiger partial charge in [0, 0.05) is 25.5 Å². The van der Waals surface area contributed by atoms with Crippen molar-refractivity contribution < 1.29 is 9.53 Å². The van der Waals surface area contributed by atoms with Gasteiger partial charge in [0.2, 0.25) is 0 Å². The molecule has 0 spiro atoms. The van der Waals surface area contributed by atoms with Crippen molar-refractivity contribution in [3.8, 4) is 0 Å². The minimum absolute atomic E-state index is 0.631. The molecule has 1 saturated heterocycles. The fourth-order valence-corrected chi connectivity index (χ4v) is 2.23. The number of aryl methyl sites for hydroxylation is 1. The Morgan fingerprint density at radius 1 is 1.44 bits per heavy atom. The lowest BCUT2D eigenvalue weighted by atomic mass is 10.0. The van der Waals surface area contributed by atoms with Gasteiger partial charge >= 0.3 is 0 Å². The minimum atomic E-state index is 0.631. The number of nitrogens with zero attached hydrogens (tertiary/aromatic N) is 2. The highest BCUT2D eigenvalue weighted by molar-refractivity contribution is 5.77. The molecule has 1 aliphatic heterocycles. The number of hydrogen-bond donors (Lipinski definition) is 0.